The average molecular weight is 440 g/mol. The Labute approximate surface area is 182 Å². The Bertz CT molecular complexity index is 738. The molecule has 1 aliphatic heterocycles. The largest absolute Gasteiger partial charge is 0.493 e. The second-order valence-electron chi connectivity index (χ2n) is 8.04. The molecule has 174 valence electrons. The van der Waals surface area contributed by atoms with Crippen molar-refractivity contribution in [2.75, 3.05) is 40.5 Å². The summed E-state index contributed by atoms with van der Waals surface area (Å²) in [7, 11) is 3.20. The third kappa shape index (κ3) is 6.92. The van der Waals surface area contributed by atoms with Crippen LogP contribution in [0, 0.1) is 17.8 Å². The highest BCUT2D eigenvalue weighted by atomic mass is 16.5. The van der Waals surface area contributed by atoms with Gasteiger partial charge in [-0.05, 0) is 30.4 Å². The lowest BCUT2D eigenvalue weighted by Gasteiger charge is -2.27. The molecule has 1 saturated heterocycles. The van der Waals surface area contributed by atoms with Crippen molar-refractivity contribution < 1.29 is 38.7 Å². The third-order valence-corrected chi connectivity index (χ3v) is 5.48. The molecule has 0 saturated carbocycles. The zero-order chi connectivity index (χ0) is 23.0. The first kappa shape index (κ1) is 24.6. The minimum absolute atomic E-state index is 0.00213. The maximum atomic E-state index is 11.7. The first-order chi connectivity index (χ1) is 14.8. The number of carbonyl (C=O) groups is 2. The fourth-order valence-corrected chi connectivity index (χ4v) is 3.70. The quantitative estimate of drug-likeness (QED) is 0.477. The van der Waals surface area contributed by atoms with Gasteiger partial charge >= 0.3 is 12.1 Å². The summed E-state index contributed by atoms with van der Waals surface area (Å²) in [6.45, 7) is 5.24. The van der Waals surface area contributed by atoms with Gasteiger partial charge in [0, 0.05) is 39.3 Å². The minimum Gasteiger partial charge on any atom is -0.493 e. The summed E-state index contributed by atoms with van der Waals surface area (Å²) in [5.41, 5.74) is 0. The second-order valence-corrected chi connectivity index (χ2v) is 8.04. The minimum atomic E-state index is -1.10. The Balaban J connectivity index is 2.11. The van der Waals surface area contributed by atoms with Crippen molar-refractivity contribution in [2.45, 2.75) is 32.8 Å². The number of ether oxygens (including phenoxy) is 4. The average Bonchev–Trinajstić information content (AvgIpc) is 3.15. The Morgan fingerprint density at radius 3 is 2.45 bits per heavy atom. The molecule has 0 spiro atoms. The van der Waals surface area contributed by atoms with Crippen LogP contribution in [-0.2, 0) is 9.53 Å². The van der Waals surface area contributed by atoms with Crippen LogP contribution in [0.15, 0.2) is 18.2 Å². The molecule has 0 radical (unpaired) electrons. The standard InChI is InChI=1S/C22H33NO8/c1-14(2)19(10-15-12-23(22(26)27)13-17(15)21(24)25)31-16-6-7-18(29-4)20(11-16)30-9-5-8-28-3/h6-7,11,14-15,17,19H,5,8-10,12-13H2,1-4H3,(H,24,25)(H,26,27)/t15?,17?,19-/m0/s1. The van der Waals surface area contributed by atoms with Crippen molar-refractivity contribution in [2.24, 2.45) is 17.8 Å². The fraction of sp³-hybridized carbons (Fsp3) is 0.636. The van der Waals surface area contributed by atoms with Crippen LogP contribution in [0.2, 0.25) is 0 Å². The van der Waals surface area contributed by atoms with E-state index in [-0.39, 0.29) is 31.0 Å². The molecule has 1 amide bonds. The highest BCUT2D eigenvalue weighted by Gasteiger charge is 2.41. The van der Waals surface area contributed by atoms with Gasteiger partial charge in [-0.3, -0.25) is 4.79 Å². The van der Waals surface area contributed by atoms with Crippen molar-refractivity contribution in [3.63, 3.8) is 0 Å². The highest BCUT2D eigenvalue weighted by molar-refractivity contribution is 5.73. The van der Waals surface area contributed by atoms with Gasteiger partial charge in [0.05, 0.1) is 19.6 Å². The summed E-state index contributed by atoms with van der Waals surface area (Å²) >= 11 is 0. The van der Waals surface area contributed by atoms with Crippen LogP contribution in [0.4, 0.5) is 4.79 Å². The van der Waals surface area contributed by atoms with Crippen LogP contribution in [-0.4, -0.2) is 73.8 Å². The number of carboxylic acid groups (broad SMARTS) is 2. The molecule has 0 aliphatic carbocycles. The number of hydrogen-bond donors (Lipinski definition) is 2. The second kappa shape index (κ2) is 11.6. The summed E-state index contributed by atoms with van der Waals surface area (Å²) in [4.78, 5) is 24.1. The van der Waals surface area contributed by atoms with E-state index >= 15 is 0 Å². The van der Waals surface area contributed by atoms with Crippen LogP contribution in [0.25, 0.3) is 0 Å². The molecule has 9 heteroatoms. The molecule has 0 bridgehead atoms. The van der Waals surface area contributed by atoms with Gasteiger partial charge in [-0.25, -0.2) is 4.79 Å². The molecule has 2 N–H and O–H groups in total. The first-order valence-corrected chi connectivity index (χ1v) is 10.4. The SMILES string of the molecule is COCCCOc1cc(O[C@@H](CC2CN(C(=O)O)CC2C(=O)O)C(C)C)ccc1OC. The number of aliphatic carboxylic acids is 1. The maximum Gasteiger partial charge on any atom is 0.407 e. The Kier molecular flexibility index (Phi) is 9.23. The number of hydrogen-bond acceptors (Lipinski definition) is 6. The fourth-order valence-electron chi connectivity index (χ4n) is 3.70. The van der Waals surface area contributed by atoms with Gasteiger partial charge in [-0.2, -0.15) is 0 Å². The Morgan fingerprint density at radius 2 is 1.87 bits per heavy atom. The van der Waals surface area contributed by atoms with Gasteiger partial charge in [0.1, 0.15) is 11.9 Å². The van der Waals surface area contributed by atoms with Gasteiger partial charge < -0.3 is 34.1 Å². The lowest BCUT2D eigenvalue weighted by molar-refractivity contribution is -0.142. The first-order valence-electron chi connectivity index (χ1n) is 10.4. The molecule has 1 aromatic rings. The van der Waals surface area contributed by atoms with Crippen molar-refractivity contribution in [3.8, 4) is 17.2 Å². The van der Waals surface area contributed by atoms with Crippen LogP contribution in [0.3, 0.4) is 0 Å². The summed E-state index contributed by atoms with van der Waals surface area (Å²) in [6.07, 6.45) is -0.205. The molecule has 2 rings (SSSR count). The van der Waals surface area contributed by atoms with Crippen molar-refractivity contribution in [1.82, 2.24) is 4.90 Å². The van der Waals surface area contributed by atoms with Gasteiger partial charge in [-0.1, -0.05) is 13.8 Å². The molecule has 1 aliphatic rings. The highest BCUT2D eigenvalue weighted by Crippen LogP contribution is 2.35. The Hall–Kier alpha value is -2.68. The molecular formula is C22H33NO8. The van der Waals surface area contributed by atoms with Crippen LogP contribution in [0.5, 0.6) is 17.2 Å². The molecule has 2 unspecified atom stereocenters. The monoisotopic (exact) mass is 439 g/mol. The van der Waals surface area contributed by atoms with Crippen LogP contribution < -0.4 is 14.2 Å². The van der Waals surface area contributed by atoms with Gasteiger partial charge in [0.25, 0.3) is 0 Å². The summed E-state index contributed by atoms with van der Waals surface area (Å²) in [5, 5.41) is 18.8. The molecule has 9 nitrogen and oxygen atoms in total. The van der Waals surface area contributed by atoms with E-state index in [1.54, 1.807) is 32.4 Å². The molecule has 3 atom stereocenters. The van der Waals surface area contributed by atoms with E-state index in [4.69, 9.17) is 18.9 Å². The zero-order valence-corrected chi connectivity index (χ0v) is 18.6. The van der Waals surface area contributed by atoms with E-state index in [9.17, 15) is 19.8 Å². The van der Waals surface area contributed by atoms with E-state index in [0.717, 1.165) is 6.42 Å². The number of amides is 1. The molecule has 1 fully saturated rings. The van der Waals surface area contributed by atoms with Crippen LogP contribution >= 0.6 is 0 Å². The predicted molar refractivity (Wildman–Crippen MR) is 113 cm³/mol. The van der Waals surface area contributed by atoms with E-state index in [1.807, 2.05) is 13.8 Å². The number of rotatable bonds is 12. The molecule has 1 aromatic carbocycles. The summed E-state index contributed by atoms with van der Waals surface area (Å²) in [5.74, 6) is -0.208. The van der Waals surface area contributed by atoms with Gasteiger partial charge in [0.2, 0.25) is 0 Å². The Morgan fingerprint density at radius 1 is 1.13 bits per heavy atom. The third-order valence-electron chi connectivity index (χ3n) is 5.48. The normalized spacial score (nSPS) is 19.3. The smallest absolute Gasteiger partial charge is 0.407 e. The number of carboxylic acids is 1. The van der Waals surface area contributed by atoms with Crippen LogP contribution in [0.1, 0.15) is 26.7 Å². The topological polar surface area (TPSA) is 115 Å². The lowest BCUT2D eigenvalue weighted by atomic mass is 9.87. The van der Waals surface area contributed by atoms with Crippen molar-refractivity contribution >= 4 is 12.1 Å². The molecule has 1 heterocycles. The van der Waals surface area contributed by atoms with E-state index in [2.05, 4.69) is 0 Å². The van der Waals surface area contributed by atoms with Gasteiger partial charge in [-0.15, -0.1) is 0 Å². The summed E-state index contributed by atoms with van der Waals surface area (Å²) in [6, 6.07) is 5.30. The summed E-state index contributed by atoms with van der Waals surface area (Å²) < 4.78 is 22.4. The number of nitrogens with zero attached hydrogens (tertiary/aromatic N) is 1. The number of methoxy groups -OCH3 is 2. The lowest BCUT2D eigenvalue weighted by Crippen LogP contribution is -2.31. The predicted octanol–water partition coefficient (Wildman–Crippen LogP) is 3.21. The zero-order valence-electron chi connectivity index (χ0n) is 18.6. The van der Waals surface area contributed by atoms with E-state index in [1.165, 1.54) is 4.90 Å². The molecule has 0 aromatic heterocycles. The van der Waals surface area contributed by atoms with E-state index in [0.29, 0.717) is 36.9 Å². The molecule has 31 heavy (non-hydrogen) atoms. The number of benzene rings is 1. The maximum absolute atomic E-state index is 11.7. The van der Waals surface area contributed by atoms with Gasteiger partial charge in [0.15, 0.2) is 11.5 Å². The number of likely N-dealkylation sites (tertiary alicyclic amines) is 1. The van der Waals surface area contributed by atoms with Crippen molar-refractivity contribution in [3.05, 3.63) is 18.2 Å². The van der Waals surface area contributed by atoms with Crippen molar-refractivity contribution in [1.29, 1.82) is 0 Å². The molecular weight excluding hydrogens is 406 g/mol. The van der Waals surface area contributed by atoms with E-state index < -0.39 is 18.0 Å².